The van der Waals surface area contributed by atoms with Crippen molar-refractivity contribution in [2.45, 2.75) is 38.1 Å². The molecule has 2 aromatic carbocycles. The Labute approximate surface area is 178 Å². The predicted octanol–water partition coefficient (Wildman–Crippen LogP) is 3.74. The molecular weight excluding hydrogens is 376 g/mol. The normalized spacial score (nSPS) is 21.6. The van der Waals surface area contributed by atoms with Crippen LogP contribution in [0.5, 0.6) is 5.75 Å². The molecule has 2 fully saturated rings. The van der Waals surface area contributed by atoms with E-state index in [1.807, 2.05) is 59.5 Å². The molecule has 0 unspecified atom stereocenters. The zero-order valence-corrected chi connectivity index (χ0v) is 17.5. The predicted molar refractivity (Wildman–Crippen MR) is 116 cm³/mol. The van der Waals surface area contributed by atoms with E-state index in [0.29, 0.717) is 19.6 Å². The number of ether oxygens (including phenoxy) is 1. The van der Waals surface area contributed by atoms with E-state index in [1.165, 1.54) is 0 Å². The number of amides is 2. The lowest BCUT2D eigenvalue weighted by Gasteiger charge is -2.20. The van der Waals surface area contributed by atoms with Crippen LogP contribution < -0.4 is 10.1 Å². The highest BCUT2D eigenvalue weighted by molar-refractivity contribution is 5.84. The van der Waals surface area contributed by atoms with Gasteiger partial charge in [-0.3, -0.25) is 9.59 Å². The third-order valence-corrected chi connectivity index (χ3v) is 6.53. The van der Waals surface area contributed by atoms with Crippen molar-refractivity contribution < 1.29 is 14.3 Å². The van der Waals surface area contributed by atoms with Crippen LogP contribution in [0.25, 0.3) is 0 Å². The smallest absolute Gasteiger partial charge is 0.225 e. The second-order valence-corrected chi connectivity index (χ2v) is 8.41. The van der Waals surface area contributed by atoms with Crippen LogP contribution in [0.3, 0.4) is 0 Å². The molecule has 1 aliphatic carbocycles. The number of carbonyl (C=O) groups is 2. The Morgan fingerprint density at radius 1 is 1.00 bits per heavy atom. The van der Waals surface area contributed by atoms with Gasteiger partial charge >= 0.3 is 0 Å². The van der Waals surface area contributed by atoms with Gasteiger partial charge in [0.05, 0.1) is 13.0 Å². The van der Waals surface area contributed by atoms with Crippen molar-refractivity contribution in [3.8, 4) is 5.75 Å². The molecule has 2 aliphatic rings. The molecule has 2 amide bonds. The van der Waals surface area contributed by atoms with E-state index >= 15 is 0 Å². The molecular formula is C25H30N2O3. The topological polar surface area (TPSA) is 58.6 Å². The van der Waals surface area contributed by atoms with Crippen LogP contribution in [0.15, 0.2) is 54.6 Å². The number of nitrogens with zero attached hydrogens (tertiary/aromatic N) is 1. The Morgan fingerprint density at radius 2 is 1.70 bits per heavy atom. The fourth-order valence-corrected chi connectivity index (χ4v) is 4.79. The van der Waals surface area contributed by atoms with Crippen LogP contribution in [0.2, 0.25) is 0 Å². The summed E-state index contributed by atoms with van der Waals surface area (Å²) in [5.41, 5.74) is 2.15. The fraction of sp³-hybridized carbons (Fsp3) is 0.440. The summed E-state index contributed by atoms with van der Waals surface area (Å²) < 4.78 is 5.28. The largest absolute Gasteiger partial charge is 0.497 e. The Kier molecular flexibility index (Phi) is 6.36. The Morgan fingerprint density at radius 3 is 2.37 bits per heavy atom. The van der Waals surface area contributed by atoms with Gasteiger partial charge in [0.1, 0.15) is 5.75 Å². The van der Waals surface area contributed by atoms with Gasteiger partial charge in [-0.1, -0.05) is 55.3 Å². The maximum atomic E-state index is 13.1. The maximum absolute atomic E-state index is 13.1. The first kappa shape index (κ1) is 20.5. The van der Waals surface area contributed by atoms with E-state index in [-0.39, 0.29) is 29.6 Å². The highest BCUT2D eigenvalue weighted by Gasteiger charge is 2.42. The number of likely N-dealkylation sites (tertiary alicyclic amines) is 1. The zero-order valence-electron chi connectivity index (χ0n) is 17.5. The third-order valence-electron chi connectivity index (χ3n) is 6.53. The summed E-state index contributed by atoms with van der Waals surface area (Å²) in [5.74, 6) is 0.920. The summed E-state index contributed by atoms with van der Waals surface area (Å²) in [5, 5.41) is 3.09. The molecule has 0 aromatic heterocycles. The molecule has 0 bridgehead atoms. The van der Waals surface area contributed by atoms with E-state index in [0.717, 1.165) is 42.6 Å². The van der Waals surface area contributed by atoms with E-state index in [1.54, 1.807) is 7.11 Å². The lowest BCUT2D eigenvalue weighted by Crippen LogP contribution is -2.36. The molecule has 1 saturated carbocycles. The monoisotopic (exact) mass is 406 g/mol. The molecule has 0 radical (unpaired) electrons. The second-order valence-electron chi connectivity index (χ2n) is 8.41. The summed E-state index contributed by atoms with van der Waals surface area (Å²) in [6.45, 7) is 1.60. The molecule has 5 heteroatoms. The second kappa shape index (κ2) is 9.33. The molecule has 158 valence electrons. The molecule has 1 saturated heterocycles. The van der Waals surface area contributed by atoms with Crippen molar-refractivity contribution in [1.82, 2.24) is 10.2 Å². The average Bonchev–Trinajstić information content (AvgIpc) is 3.48. The third kappa shape index (κ3) is 4.50. The van der Waals surface area contributed by atoms with Gasteiger partial charge in [0.25, 0.3) is 0 Å². The number of carbonyl (C=O) groups excluding carboxylic acids is 2. The first-order valence-electron chi connectivity index (χ1n) is 10.9. The minimum Gasteiger partial charge on any atom is -0.497 e. The lowest BCUT2D eigenvalue weighted by atomic mass is 9.88. The van der Waals surface area contributed by atoms with Crippen molar-refractivity contribution in [3.63, 3.8) is 0 Å². The van der Waals surface area contributed by atoms with E-state index in [2.05, 4.69) is 5.32 Å². The summed E-state index contributed by atoms with van der Waals surface area (Å²) in [4.78, 5) is 28.1. The Hall–Kier alpha value is -2.82. The Bertz CT molecular complexity index is 860. The molecule has 1 heterocycles. The van der Waals surface area contributed by atoms with E-state index in [4.69, 9.17) is 4.74 Å². The first-order chi connectivity index (χ1) is 14.7. The summed E-state index contributed by atoms with van der Waals surface area (Å²) in [6, 6.07) is 17.8. The molecule has 4 rings (SSSR count). The molecule has 0 spiro atoms. The molecule has 5 nitrogen and oxygen atoms in total. The maximum Gasteiger partial charge on any atom is 0.225 e. The van der Waals surface area contributed by atoms with Crippen LogP contribution in [-0.2, 0) is 16.1 Å². The van der Waals surface area contributed by atoms with E-state index in [9.17, 15) is 9.59 Å². The minimum atomic E-state index is -0.243. The summed E-state index contributed by atoms with van der Waals surface area (Å²) in [6.07, 6.45) is 4.22. The van der Waals surface area contributed by atoms with Crippen molar-refractivity contribution in [1.29, 1.82) is 0 Å². The van der Waals surface area contributed by atoms with Crippen LogP contribution in [0, 0.1) is 11.8 Å². The first-order valence-corrected chi connectivity index (χ1v) is 10.9. The van der Waals surface area contributed by atoms with Crippen molar-refractivity contribution in [2.24, 2.45) is 11.8 Å². The van der Waals surface area contributed by atoms with Crippen LogP contribution in [-0.4, -0.2) is 36.9 Å². The van der Waals surface area contributed by atoms with Crippen molar-refractivity contribution in [2.75, 3.05) is 20.2 Å². The number of hydrogen-bond donors (Lipinski definition) is 1. The van der Waals surface area contributed by atoms with Crippen LogP contribution in [0.1, 0.15) is 42.7 Å². The molecule has 30 heavy (non-hydrogen) atoms. The molecule has 1 N–H and O–H groups in total. The fourth-order valence-electron chi connectivity index (χ4n) is 4.79. The van der Waals surface area contributed by atoms with Gasteiger partial charge in [-0.05, 0) is 36.1 Å². The summed E-state index contributed by atoms with van der Waals surface area (Å²) >= 11 is 0. The number of benzene rings is 2. The number of nitrogens with one attached hydrogen (secondary N) is 1. The highest BCUT2D eigenvalue weighted by atomic mass is 16.5. The average molecular weight is 407 g/mol. The van der Waals surface area contributed by atoms with Crippen LogP contribution in [0.4, 0.5) is 0 Å². The number of rotatable bonds is 6. The number of hydrogen-bond acceptors (Lipinski definition) is 3. The van der Waals surface area contributed by atoms with Gasteiger partial charge in [0.15, 0.2) is 0 Å². The molecule has 2 aromatic rings. The zero-order chi connectivity index (χ0) is 20.9. The van der Waals surface area contributed by atoms with Crippen molar-refractivity contribution >= 4 is 11.8 Å². The molecule has 2 atom stereocenters. The number of methoxy groups -OCH3 is 1. The van der Waals surface area contributed by atoms with Crippen molar-refractivity contribution in [3.05, 3.63) is 65.7 Å². The van der Waals surface area contributed by atoms with Gasteiger partial charge in [0, 0.05) is 31.5 Å². The minimum absolute atomic E-state index is 0.00275. The summed E-state index contributed by atoms with van der Waals surface area (Å²) in [7, 11) is 1.65. The quantitative estimate of drug-likeness (QED) is 0.795. The lowest BCUT2D eigenvalue weighted by molar-refractivity contribution is -0.134. The Balaban J connectivity index is 1.50. The highest BCUT2D eigenvalue weighted by Crippen LogP contribution is 2.36. The standard InChI is InChI=1S/C25H30N2O3/c1-30-21-13-11-19(12-14-21)22-16-27(25(29)20-9-5-6-10-20)17-23(22)24(28)26-15-18-7-3-2-4-8-18/h2-4,7-8,11-14,20,22-23H,5-6,9-10,15-17H2,1H3,(H,26,28)/t22-,23+/m0/s1. The van der Waals surface area contributed by atoms with Gasteiger partial charge in [0.2, 0.25) is 11.8 Å². The van der Waals surface area contributed by atoms with Gasteiger partial charge < -0.3 is 15.0 Å². The van der Waals surface area contributed by atoms with Gasteiger partial charge in [-0.15, -0.1) is 0 Å². The van der Waals surface area contributed by atoms with Gasteiger partial charge in [-0.25, -0.2) is 0 Å². The SMILES string of the molecule is COc1ccc([C@@H]2CN(C(=O)C3CCCC3)C[C@H]2C(=O)NCc2ccccc2)cc1. The molecule has 1 aliphatic heterocycles. The van der Waals surface area contributed by atoms with Gasteiger partial charge in [-0.2, -0.15) is 0 Å². The van der Waals surface area contributed by atoms with E-state index < -0.39 is 0 Å². The van der Waals surface area contributed by atoms with Crippen LogP contribution >= 0.6 is 0 Å².